The van der Waals surface area contributed by atoms with Gasteiger partial charge in [0, 0.05) is 33.5 Å². The molecule has 4 heteroatoms. The van der Waals surface area contributed by atoms with Gasteiger partial charge in [0.05, 0.1) is 0 Å². The summed E-state index contributed by atoms with van der Waals surface area (Å²) in [4.78, 5) is 11.0. The Morgan fingerprint density at radius 3 is 2.33 bits per heavy atom. The van der Waals surface area contributed by atoms with Crippen LogP contribution in [0.2, 0.25) is 0 Å². The summed E-state index contributed by atoms with van der Waals surface area (Å²) >= 11 is 0. The minimum absolute atomic E-state index is 0.164. The topological polar surface area (TPSA) is 61.5 Å². The van der Waals surface area contributed by atoms with E-state index < -0.39 is 0 Å². The molecule has 0 heterocycles. The summed E-state index contributed by atoms with van der Waals surface area (Å²) in [6, 6.07) is 0. The van der Waals surface area contributed by atoms with Crippen molar-refractivity contribution in [2.75, 3.05) is 20.8 Å². The molecule has 0 aliphatic rings. The molecule has 0 aromatic carbocycles. The van der Waals surface area contributed by atoms with Gasteiger partial charge in [0.2, 0.25) is 0 Å². The summed E-state index contributed by atoms with van der Waals surface area (Å²) < 4.78 is 9.84. The lowest BCUT2D eigenvalue weighted by molar-refractivity contribution is -0.126. The fraction of sp³-hybridized carbons (Fsp3) is 0.875. The van der Waals surface area contributed by atoms with Crippen LogP contribution in [0.3, 0.4) is 0 Å². The first-order valence-corrected chi connectivity index (χ1v) is 4.02. The Hall–Kier alpha value is -0.450. The number of methoxy groups -OCH3 is 2. The molecule has 0 aromatic rings. The maximum Gasteiger partial charge on any atom is 0.157 e. The molecule has 0 unspecified atom stereocenters. The van der Waals surface area contributed by atoms with Crippen LogP contribution in [0.25, 0.3) is 0 Å². The number of rotatable bonds is 7. The van der Waals surface area contributed by atoms with Gasteiger partial charge in [-0.2, -0.15) is 0 Å². The third kappa shape index (κ3) is 5.23. The van der Waals surface area contributed by atoms with Crippen LogP contribution in [0.1, 0.15) is 19.3 Å². The van der Waals surface area contributed by atoms with Crippen LogP contribution >= 0.6 is 0 Å². The molecule has 0 amide bonds. The predicted octanol–water partition coefficient (Wildman–Crippen LogP) is 0.303. The number of ether oxygens (including phenoxy) is 2. The van der Waals surface area contributed by atoms with Crippen molar-refractivity contribution in [1.82, 2.24) is 0 Å². The molecule has 0 aliphatic heterocycles. The number of hydrogen-bond donors (Lipinski definition) is 1. The summed E-state index contributed by atoms with van der Waals surface area (Å²) in [7, 11) is 3.11. The second-order valence-electron chi connectivity index (χ2n) is 2.52. The maximum atomic E-state index is 11.0. The summed E-state index contributed by atoms with van der Waals surface area (Å²) in [5, 5.41) is 0. The predicted molar refractivity (Wildman–Crippen MR) is 45.7 cm³/mol. The molecule has 0 aliphatic carbocycles. The van der Waals surface area contributed by atoms with Crippen LogP contribution in [0, 0.1) is 0 Å². The first-order chi connectivity index (χ1) is 5.74. The van der Waals surface area contributed by atoms with Gasteiger partial charge < -0.3 is 15.2 Å². The van der Waals surface area contributed by atoms with E-state index in [9.17, 15) is 4.79 Å². The van der Waals surface area contributed by atoms with Gasteiger partial charge in [-0.25, -0.2) is 0 Å². The Morgan fingerprint density at radius 2 is 1.92 bits per heavy atom. The van der Waals surface area contributed by atoms with E-state index in [1.54, 1.807) is 14.2 Å². The highest BCUT2D eigenvalue weighted by Gasteiger charge is 2.07. The molecule has 4 nitrogen and oxygen atoms in total. The van der Waals surface area contributed by atoms with Crippen LogP contribution in [-0.2, 0) is 14.3 Å². The number of carbonyl (C=O) groups excluding carboxylic acids is 1. The van der Waals surface area contributed by atoms with Crippen molar-refractivity contribution in [3.8, 4) is 0 Å². The molecular weight excluding hydrogens is 158 g/mol. The Kier molecular flexibility index (Phi) is 6.94. The van der Waals surface area contributed by atoms with Crippen molar-refractivity contribution >= 4 is 5.78 Å². The van der Waals surface area contributed by atoms with Crippen LogP contribution in [0.4, 0.5) is 0 Å². The highest BCUT2D eigenvalue weighted by Crippen LogP contribution is 2.03. The summed E-state index contributed by atoms with van der Waals surface area (Å²) in [5.74, 6) is 0.164. The first-order valence-electron chi connectivity index (χ1n) is 4.02. The van der Waals surface area contributed by atoms with Gasteiger partial charge in [-0.3, -0.25) is 4.79 Å². The summed E-state index contributed by atoms with van der Waals surface area (Å²) in [6.07, 6.45) is 1.25. The van der Waals surface area contributed by atoms with E-state index in [0.29, 0.717) is 25.8 Å². The standard InChI is InChI=1S/C8H17NO3/c1-11-8(12-2)4-3-7(10)5-6-9/h8H,3-6,9H2,1-2H3. The monoisotopic (exact) mass is 175 g/mol. The molecule has 0 fully saturated rings. The number of nitrogens with two attached hydrogens (primary N) is 1. The zero-order chi connectivity index (χ0) is 9.40. The molecule has 2 N–H and O–H groups in total. The van der Waals surface area contributed by atoms with Crippen molar-refractivity contribution in [1.29, 1.82) is 0 Å². The molecule has 12 heavy (non-hydrogen) atoms. The Morgan fingerprint density at radius 1 is 1.33 bits per heavy atom. The fourth-order valence-corrected chi connectivity index (χ4v) is 0.897. The van der Waals surface area contributed by atoms with Crippen molar-refractivity contribution in [3.63, 3.8) is 0 Å². The lowest BCUT2D eigenvalue weighted by atomic mass is 10.1. The van der Waals surface area contributed by atoms with Crippen molar-refractivity contribution in [3.05, 3.63) is 0 Å². The lowest BCUT2D eigenvalue weighted by Gasteiger charge is -2.11. The average molecular weight is 175 g/mol. The van der Waals surface area contributed by atoms with Crippen molar-refractivity contribution < 1.29 is 14.3 Å². The fourth-order valence-electron chi connectivity index (χ4n) is 0.897. The minimum atomic E-state index is -0.272. The van der Waals surface area contributed by atoms with E-state index in [4.69, 9.17) is 15.2 Å². The molecule has 0 atom stereocenters. The quantitative estimate of drug-likeness (QED) is 0.565. The number of Topliss-reactive ketones (excluding diaryl/α,β-unsaturated/α-hetero) is 1. The summed E-state index contributed by atoms with van der Waals surface area (Å²) in [6.45, 7) is 0.420. The number of carbonyl (C=O) groups is 1. The maximum absolute atomic E-state index is 11.0. The molecular formula is C8H17NO3. The lowest BCUT2D eigenvalue weighted by Crippen LogP contribution is -2.16. The number of hydrogen-bond acceptors (Lipinski definition) is 4. The van der Waals surface area contributed by atoms with Crippen LogP contribution in [0.5, 0.6) is 0 Å². The van der Waals surface area contributed by atoms with Gasteiger partial charge in [-0.05, 0) is 6.54 Å². The van der Waals surface area contributed by atoms with Crippen LogP contribution in [-0.4, -0.2) is 32.8 Å². The molecule has 0 saturated carbocycles. The third-order valence-electron chi connectivity index (χ3n) is 1.61. The van der Waals surface area contributed by atoms with E-state index in [1.165, 1.54) is 0 Å². The first kappa shape index (κ1) is 11.6. The molecule has 72 valence electrons. The summed E-state index contributed by atoms with van der Waals surface area (Å²) in [5.41, 5.74) is 5.22. The SMILES string of the molecule is COC(CCC(=O)CCN)OC. The van der Waals surface area contributed by atoms with Gasteiger partial charge in [-0.1, -0.05) is 0 Å². The van der Waals surface area contributed by atoms with E-state index in [-0.39, 0.29) is 12.1 Å². The Bertz CT molecular complexity index is 123. The highest BCUT2D eigenvalue weighted by atomic mass is 16.7. The molecule has 0 spiro atoms. The molecule has 0 rings (SSSR count). The van der Waals surface area contributed by atoms with Gasteiger partial charge >= 0.3 is 0 Å². The van der Waals surface area contributed by atoms with E-state index >= 15 is 0 Å². The van der Waals surface area contributed by atoms with Gasteiger partial charge in [0.25, 0.3) is 0 Å². The Balaban J connectivity index is 3.44. The second-order valence-corrected chi connectivity index (χ2v) is 2.52. The molecule has 0 saturated heterocycles. The van der Waals surface area contributed by atoms with E-state index in [1.807, 2.05) is 0 Å². The van der Waals surface area contributed by atoms with Gasteiger partial charge in [0.15, 0.2) is 6.29 Å². The molecule has 0 radical (unpaired) electrons. The second kappa shape index (κ2) is 7.21. The zero-order valence-electron chi connectivity index (χ0n) is 7.71. The Labute approximate surface area is 73.0 Å². The van der Waals surface area contributed by atoms with E-state index in [2.05, 4.69) is 0 Å². The van der Waals surface area contributed by atoms with Gasteiger partial charge in [-0.15, -0.1) is 0 Å². The third-order valence-corrected chi connectivity index (χ3v) is 1.61. The van der Waals surface area contributed by atoms with Crippen molar-refractivity contribution in [2.24, 2.45) is 5.73 Å². The normalized spacial score (nSPS) is 10.7. The average Bonchev–Trinajstić information content (AvgIpc) is 2.07. The van der Waals surface area contributed by atoms with E-state index in [0.717, 1.165) is 0 Å². The van der Waals surface area contributed by atoms with Crippen LogP contribution in [0.15, 0.2) is 0 Å². The number of ketones is 1. The zero-order valence-corrected chi connectivity index (χ0v) is 7.71. The smallest absolute Gasteiger partial charge is 0.157 e. The highest BCUT2D eigenvalue weighted by molar-refractivity contribution is 5.78. The largest absolute Gasteiger partial charge is 0.356 e. The molecule has 0 aromatic heterocycles. The molecule has 0 bridgehead atoms. The van der Waals surface area contributed by atoms with Crippen molar-refractivity contribution in [2.45, 2.75) is 25.6 Å². The van der Waals surface area contributed by atoms with Crippen LogP contribution < -0.4 is 5.73 Å². The van der Waals surface area contributed by atoms with Gasteiger partial charge in [0.1, 0.15) is 5.78 Å². The minimum Gasteiger partial charge on any atom is -0.356 e.